The lowest BCUT2D eigenvalue weighted by Crippen LogP contribution is -2.42. The minimum Gasteiger partial charge on any atom is -0.619 e. The Morgan fingerprint density at radius 1 is 1.36 bits per heavy atom. The minimum absolute atomic E-state index is 0.00947. The highest BCUT2D eigenvalue weighted by molar-refractivity contribution is 5.94. The lowest BCUT2D eigenvalue weighted by Gasteiger charge is -2.22. The fourth-order valence-corrected chi connectivity index (χ4v) is 4.22. The molecule has 11 nitrogen and oxygen atoms in total. The molecule has 3 unspecified atom stereocenters. The predicted molar refractivity (Wildman–Crippen MR) is 113 cm³/mol. The molecule has 0 aromatic carbocycles. The van der Waals surface area contributed by atoms with Gasteiger partial charge in [0, 0.05) is 24.3 Å². The summed E-state index contributed by atoms with van der Waals surface area (Å²) >= 11 is 0. The van der Waals surface area contributed by atoms with Gasteiger partial charge in [-0.3, -0.25) is 14.4 Å². The number of amides is 1. The molecule has 1 amide bonds. The maximum Gasteiger partial charge on any atom is 0.305 e. The van der Waals surface area contributed by atoms with Crippen LogP contribution < -0.4 is 10.0 Å². The number of nitrogens with zero attached hydrogens (tertiary/aromatic N) is 4. The van der Waals surface area contributed by atoms with Crippen LogP contribution in [0.4, 0.5) is 0 Å². The number of hydrogen-bond donors (Lipinski definition) is 2. The zero-order valence-electron chi connectivity index (χ0n) is 18.6. The molecule has 2 aliphatic carbocycles. The monoisotopic (exact) mass is 457 g/mol. The van der Waals surface area contributed by atoms with E-state index in [2.05, 4.69) is 15.4 Å². The van der Waals surface area contributed by atoms with Gasteiger partial charge in [0.2, 0.25) is 12.0 Å². The standard InChI is InChI=1S/C22H27N5O6/c1-12(2)16(11-33-19(30)5-3-4-18(28)29)24-22(31)20-15-9-13-8-14(13)21(15)27(25-20)17-10-26(32)7-6-23-17/h6-7,10,12-14,16H,3-5,8-9,11H2,1-2H3,(H,24,31)(H,28,29). The number of aromatic nitrogens is 4. The molecule has 0 bridgehead atoms. The summed E-state index contributed by atoms with van der Waals surface area (Å²) in [6.45, 7) is 3.80. The Bertz CT molecular complexity index is 1080. The van der Waals surface area contributed by atoms with Gasteiger partial charge in [0.15, 0.2) is 11.9 Å². The molecule has 11 heteroatoms. The lowest BCUT2D eigenvalue weighted by atomic mass is 10.0. The first kappa shape index (κ1) is 22.7. The van der Waals surface area contributed by atoms with Crippen molar-refractivity contribution in [3.63, 3.8) is 0 Å². The molecule has 1 saturated carbocycles. The highest BCUT2D eigenvalue weighted by Gasteiger charge is 2.50. The number of carboxylic acids is 1. The van der Waals surface area contributed by atoms with Gasteiger partial charge in [-0.1, -0.05) is 13.8 Å². The van der Waals surface area contributed by atoms with Gasteiger partial charge in [0.1, 0.15) is 6.61 Å². The highest BCUT2D eigenvalue weighted by Crippen LogP contribution is 2.57. The largest absolute Gasteiger partial charge is 0.619 e. The van der Waals surface area contributed by atoms with Crippen LogP contribution in [0.1, 0.15) is 67.2 Å². The molecular weight excluding hydrogens is 430 g/mol. The molecular formula is C22H27N5O6. The lowest BCUT2D eigenvalue weighted by molar-refractivity contribution is -0.605. The average molecular weight is 457 g/mol. The van der Waals surface area contributed by atoms with Crippen LogP contribution in [-0.4, -0.2) is 50.4 Å². The Hall–Kier alpha value is -3.50. The van der Waals surface area contributed by atoms with Gasteiger partial charge in [-0.15, -0.1) is 0 Å². The van der Waals surface area contributed by atoms with Gasteiger partial charge in [-0.25, -0.2) is 9.67 Å². The van der Waals surface area contributed by atoms with Crippen LogP contribution in [0.25, 0.3) is 5.82 Å². The number of fused-ring (bicyclic) bond motifs is 3. The van der Waals surface area contributed by atoms with Gasteiger partial charge < -0.3 is 20.4 Å². The smallest absolute Gasteiger partial charge is 0.305 e. The maximum absolute atomic E-state index is 13.2. The van der Waals surface area contributed by atoms with E-state index in [9.17, 15) is 19.6 Å². The quantitative estimate of drug-likeness (QED) is 0.306. The second kappa shape index (κ2) is 9.16. The van der Waals surface area contributed by atoms with E-state index in [0.717, 1.165) is 24.1 Å². The van der Waals surface area contributed by atoms with E-state index in [1.165, 1.54) is 18.6 Å². The molecule has 3 atom stereocenters. The molecule has 1 fully saturated rings. The third-order valence-electron chi connectivity index (χ3n) is 6.18. The second-order valence-corrected chi connectivity index (χ2v) is 8.96. The van der Waals surface area contributed by atoms with Crippen molar-refractivity contribution in [3.05, 3.63) is 40.7 Å². The van der Waals surface area contributed by atoms with Crippen molar-refractivity contribution >= 4 is 17.8 Å². The van der Waals surface area contributed by atoms with Crippen LogP contribution in [0.2, 0.25) is 0 Å². The first-order valence-electron chi connectivity index (χ1n) is 11.1. The summed E-state index contributed by atoms with van der Waals surface area (Å²) in [6, 6.07) is -0.434. The van der Waals surface area contributed by atoms with Gasteiger partial charge in [-0.2, -0.15) is 9.83 Å². The minimum atomic E-state index is -0.963. The fourth-order valence-electron chi connectivity index (χ4n) is 4.22. The number of nitrogens with one attached hydrogen (secondary N) is 1. The Balaban J connectivity index is 1.46. The molecule has 0 radical (unpaired) electrons. The molecule has 2 N–H and O–H groups in total. The van der Waals surface area contributed by atoms with Crippen molar-refractivity contribution in [1.82, 2.24) is 20.1 Å². The van der Waals surface area contributed by atoms with E-state index in [1.54, 1.807) is 4.68 Å². The molecule has 0 saturated heterocycles. The highest BCUT2D eigenvalue weighted by atomic mass is 16.5. The van der Waals surface area contributed by atoms with E-state index < -0.39 is 18.0 Å². The van der Waals surface area contributed by atoms with Gasteiger partial charge >= 0.3 is 11.9 Å². The molecule has 2 heterocycles. The van der Waals surface area contributed by atoms with E-state index in [1.807, 2.05) is 13.8 Å². The molecule has 2 aromatic rings. The first-order valence-corrected chi connectivity index (χ1v) is 11.1. The van der Waals surface area contributed by atoms with Crippen molar-refractivity contribution in [2.24, 2.45) is 11.8 Å². The summed E-state index contributed by atoms with van der Waals surface area (Å²) in [6.07, 6.45) is 5.93. The molecule has 176 valence electrons. The molecule has 33 heavy (non-hydrogen) atoms. The van der Waals surface area contributed by atoms with Crippen molar-refractivity contribution in [3.8, 4) is 5.82 Å². The summed E-state index contributed by atoms with van der Waals surface area (Å²) in [5, 5.41) is 27.8. The Morgan fingerprint density at radius 2 is 2.15 bits per heavy atom. The number of carboxylic acid groups (broad SMARTS) is 1. The van der Waals surface area contributed by atoms with Crippen molar-refractivity contribution < 1.29 is 29.0 Å². The Kier molecular flexibility index (Phi) is 6.30. The van der Waals surface area contributed by atoms with E-state index >= 15 is 0 Å². The Labute approximate surface area is 190 Å². The fraction of sp³-hybridized carbons (Fsp3) is 0.545. The third kappa shape index (κ3) is 4.96. The number of ether oxygens (including phenoxy) is 1. The average Bonchev–Trinajstić information content (AvgIpc) is 3.25. The van der Waals surface area contributed by atoms with Crippen LogP contribution in [-0.2, 0) is 20.7 Å². The van der Waals surface area contributed by atoms with Gasteiger partial charge in [0.25, 0.3) is 5.91 Å². The normalized spacial score (nSPS) is 19.0. The SMILES string of the molecule is CC(C)C(COC(=O)CCCC(=O)O)NC(=O)c1nn(-c2c[n+]([O-])ccn2)c2c1CC1CC21. The molecule has 2 aliphatic rings. The molecule has 4 rings (SSSR count). The third-order valence-corrected chi connectivity index (χ3v) is 6.18. The van der Waals surface area contributed by atoms with Gasteiger partial charge in [0.05, 0.1) is 17.9 Å². The van der Waals surface area contributed by atoms with Crippen molar-refractivity contribution in [2.45, 2.75) is 57.9 Å². The van der Waals surface area contributed by atoms with Crippen LogP contribution >= 0.6 is 0 Å². The van der Waals surface area contributed by atoms with Crippen molar-refractivity contribution in [1.29, 1.82) is 0 Å². The van der Waals surface area contributed by atoms with Crippen LogP contribution in [0.3, 0.4) is 0 Å². The van der Waals surface area contributed by atoms with Crippen LogP contribution in [0.5, 0.6) is 0 Å². The van der Waals surface area contributed by atoms with Crippen LogP contribution in [0, 0.1) is 17.0 Å². The number of esters is 1. The predicted octanol–water partition coefficient (Wildman–Crippen LogP) is 1.11. The summed E-state index contributed by atoms with van der Waals surface area (Å²) in [5.41, 5.74) is 2.12. The summed E-state index contributed by atoms with van der Waals surface area (Å²) < 4.78 is 7.52. The second-order valence-electron chi connectivity index (χ2n) is 8.96. The zero-order valence-corrected chi connectivity index (χ0v) is 18.6. The van der Waals surface area contributed by atoms with E-state index in [4.69, 9.17) is 9.84 Å². The molecule has 0 spiro atoms. The summed E-state index contributed by atoms with van der Waals surface area (Å²) in [4.78, 5) is 39.9. The Morgan fingerprint density at radius 3 is 2.85 bits per heavy atom. The van der Waals surface area contributed by atoms with Crippen molar-refractivity contribution in [2.75, 3.05) is 6.61 Å². The molecule has 0 aliphatic heterocycles. The van der Waals surface area contributed by atoms with E-state index in [-0.39, 0.29) is 37.7 Å². The number of carbonyl (C=O) groups excluding carboxylic acids is 2. The van der Waals surface area contributed by atoms with E-state index in [0.29, 0.717) is 28.1 Å². The molecule has 2 aromatic heterocycles. The zero-order chi connectivity index (χ0) is 23.7. The number of carbonyl (C=O) groups is 3. The topological polar surface area (TPSA) is 150 Å². The summed E-state index contributed by atoms with van der Waals surface area (Å²) in [5.74, 6) is -0.656. The first-order chi connectivity index (χ1) is 15.7. The van der Waals surface area contributed by atoms with Crippen LogP contribution in [0.15, 0.2) is 18.6 Å². The number of hydrogen-bond acceptors (Lipinski definition) is 7. The summed E-state index contributed by atoms with van der Waals surface area (Å²) in [7, 11) is 0. The number of rotatable bonds is 10. The number of aliphatic carboxylic acids is 1. The maximum atomic E-state index is 13.2. The van der Waals surface area contributed by atoms with Gasteiger partial charge in [-0.05, 0) is 31.1 Å².